The van der Waals surface area contributed by atoms with Crippen LogP contribution in [-0.2, 0) is 0 Å². The van der Waals surface area contributed by atoms with Crippen LogP contribution in [0.3, 0.4) is 0 Å². The minimum absolute atomic E-state index is 0.513. The summed E-state index contributed by atoms with van der Waals surface area (Å²) in [6, 6.07) is 0. The molecule has 0 saturated heterocycles. The number of hydrogen-bond donors (Lipinski definition) is 0. The molecule has 0 aliphatic rings. The van der Waals surface area contributed by atoms with Crippen LogP contribution in [0, 0.1) is 25.7 Å². The van der Waals surface area contributed by atoms with Crippen LogP contribution in [0.15, 0.2) is 0 Å². The van der Waals surface area contributed by atoms with Crippen LogP contribution in [0.5, 0.6) is 0 Å². The van der Waals surface area contributed by atoms with Crippen LogP contribution in [0.1, 0.15) is 51.7 Å². The minimum Gasteiger partial charge on any atom is -0.355 e. The Morgan fingerprint density at radius 2 is 1.40 bits per heavy atom. The summed E-state index contributed by atoms with van der Waals surface area (Å²) in [5, 5.41) is 8.94. The third-order valence-corrected chi connectivity index (χ3v) is 4.05. The zero-order valence-corrected chi connectivity index (χ0v) is 14.5. The van der Waals surface area contributed by atoms with E-state index in [2.05, 4.69) is 49.7 Å². The molecule has 1 aromatic heterocycles. The Hall–Kier alpha value is -0.830. The van der Waals surface area contributed by atoms with E-state index >= 15 is 0 Å². The third kappa shape index (κ3) is 4.93. The van der Waals surface area contributed by atoms with Gasteiger partial charge in [-0.15, -0.1) is 10.2 Å². The van der Waals surface area contributed by atoms with Crippen molar-refractivity contribution < 1.29 is 0 Å². The molecule has 0 aliphatic heterocycles. The van der Waals surface area contributed by atoms with Gasteiger partial charge in [0.15, 0.2) is 11.0 Å². The standard InChI is InChI=1S/C16H28ClN3/c1-11(2)7-9-20(10-8-12(3)4)16-14(6)13(5)15(17)18-19-16/h11-12H,7-10H2,1-6H3. The summed E-state index contributed by atoms with van der Waals surface area (Å²) < 4.78 is 0. The highest BCUT2D eigenvalue weighted by Gasteiger charge is 2.15. The van der Waals surface area contributed by atoms with E-state index in [1.807, 2.05) is 6.92 Å². The number of halogens is 1. The van der Waals surface area contributed by atoms with Gasteiger partial charge in [-0.05, 0) is 49.7 Å². The lowest BCUT2D eigenvalue weighted by Crippen LogP contribution is -2.29. The van der Waals surface area contributed by atoms with Crippen molar-refractivity contribution in [2.45, 2.75) is 54.4 Å². The van der Waals surface area contributed by atoms with Gasteiger partial charge in [0.25, 0.3) is 0 Å². The molecule has 0 atom stereocenters. The van der Waals surface area contributed by atoms with Crippen LogP contribution in [0.2, 0.25) is 5.15 Å². The summed E-state index contributed by atoms with van der Waals surface area (Å²) >= 11 is 6.05. The Bertz CT molecular complexity index is 418. The zero-order valence-electron chi connectivity index (χ0n) is 13.7. The van der Waals surface area contributed by atoms with E-state index in [0.717, 1.165) is 30.0 Å². The van der Waals surface area contributed by atoms with Crippen molar-refractivity contribution in [2.75, 3.05) is 18.0 Å². The normalized spacial score (nSPS) is 11.4. The number of hydrogen-bond acceptors (Lipinski definition) is 3. The van der Waals surface area contributed by atoms with Crippen molar-refractivity contribution in [3.05, 3.63) is 16.3 Å². The summed E-state index contributed by atoms with van der Waals surface area (Å²) in [5.41, 5.74) is 2.19. The lowest BCUT2D eigenvalue weighted by molar-refractivity contribution is 0.531. The molecule has 0 bridgehead atoms. The summed E-state index contributed by atoms with van der Waals surface area (Å²) in [4.78, 5) is 2.37. The molecule has 0 spiro atoms. The Morgan fingerprint density at radius 3 is 1.85 bits per heavy atom. The summed E-state index contributed by atoms with van der Waals surface area (Å²) in [6.07, 6.45) is 2.34. The second kappa shape index (κ2) is 7.82. The van der Waals surface area contributed by atoms with Gasteiger partial charge in [0.1, 0.15) is 0 Å². The van der Waals surface area contributed by atoms with E-state index < -0.39 is 0 Å². The molecule has 0 N–H and O–H groups in total. The SMILES string of the molecule is Cc1c(Cl)nnc(N(CCC(C)C)CCC(C)C)c1C. The molecule has 0 aromatic carbocycles. The molecule has 0 aliphatic carbocycles. The third-order valence-electron chi connectivity index (χ3n) is 3.69. The predicted molar refractivity (Wildman–Crippen MR) is 87.6 cm³/mol. The molecule has 3 nitrogen and oxygen atoms in total. The maximum absolute atomic E-state index is 6.05. The fraction of sp³-hybridized carbons (Fsp3) is 0.750. The molecule has 0 fully saturated rings. The van der Waals surface area contributed by atoms with Gasteiger partial charge < -0.3 is 4.90 Å². The van der Waals surface area contributed by atoms with Crippen molar-refractivity contribution in [2.24, 2.45) is 11.8 Å². The van der Waals surface area contributed by atoms with E-state index in [-0.39, 0.29) is 0 Å². The highest BCUT2D eigenvalue weighted by atomic mass is 35.5. The maximum atomic E-state index is 6.05. The fourth-order valence-electron chi connectivity index (χ4n) is 2.02. The van der Waals surface area contributed by atoms with Crippen LogP contribution in [-0.4, -0.2) is 23.3 Å². The molecule has 1 heterocycles. The molecular formula is C16H28ClN3. The largest absolute Gasteiger partial charge is 0.355 e. The minimum atomic E-state index is 0.513. The van der Waals surface area contributed by atoms with Crippen molar-refractivity contribution in [3.63, 3.8) is 0 Å². The van der Waals surface area contributed by atoms with Crippen molar-refractivity contribution in [1.82, 2.24) is 10.2 Å². The quantitative estimate of drug-likeness (QED) is 0.734. The second-order valence-electron chi connectivity index (χ2n) is 6.42. The Labute approximate surface area is 128 Å². The lowest BCUT2D eigenvalue weighted by atomic mass is 10.1. The predicted octanol–water partition coefficient (Wildman–Crippen LogP) is 4.65. The van der Waals surface area contributed by atoms with E-state index in [4.69, 9.17) is 11.6 Å². The Morgan fingerprint density at radius 1 is 0.900 bits per heavy atom. The summed E-state index contributed by atoms with van der Waals surface area (Å²) in [7, 11) is 0. The zero-order chi connectivity index (χ0) is 15.3. The molecular weight excluding hydrogens is 270 g/mol. The van der Waals surface area contributed by atoms with Crippen LogP contribution < -0.4 is 4.90 Å². The topological polar surface area (TPSA) is 29.0 Å². The van der Waals surface area contributed by atoms with E-state index in [1.165, 1.54) is 12.8 Å². The maximum Gasteiger partial charge on any atom is 0.155 e. The van der Waals surface area contributed by atoms with Gasteiger partial charge in [0, 0.05) is 13.1 Å². The van der Waals surface area contributed by atoms with Gasteiger partial charge in [-0.25, -0.2) is 0 Å². The molecule has 1 rings (SSSR count). The number of rotatable bonds is 7. The van der Waals surface area contributed by atoms with Gasteiger partial charge >= 0.3 is 0 Å². The average molecular weight is 298 g/mol. The van der Waals surface area contributed by atoms with E-state index in [9.17, 15) is 0 Å². The smallest absolute Gasteiger partial charge is 0.155 e. The monoisotopic (exact) mass is 297 g/mol. The molecule has 20 heavy (non-hydrogen) atoms. The second-order valence-corrected chi connectivity index (χ2v) is 6.77. The number of nitrogens with zero attached hydrogens (tertiary/aromatic N) is 3. The van der Waals surface area contributed by atoms with Gasteiger partial charge in [-0.3, -0.25) is 0 Å². The first-order valence-corrected chi connectivity index (χ1v) is 7.95. The molecule has 0 radical (unpaired) electrons. The Balaban J connectivity index is 2.93. The summed E-state index contributed by atoms with van der Waals surface area (Å²) in [5.74, 6) is 2.38. The molecule has 0 unspecified atom stereocenters. The van der Waals surface area contributed by atoms with Crippen LogP contribution >= 0.6 is 11.6 Å². The van der Waals surface area contributed by atoms with Crippen LogP contribution in [0.4, 0.5) is 5.82 Å². The van der Waals surface area contributed by atoms with Gasteiger partial charge in [0.2, 0.25) is 0 Å². The average Bonchev–Trinajstić information content (AvgIpc) is 2.37. The van der Waals surface area contributed by atoms with Gasteiger partial charge in [-0.2, -0.15) is 0 Å². The van der Waals surface area contributed by atoms with Gasteiger partial charge in [-0.1, -0.05) is 39.3 Å². The van der Waals surface area contributed by atoms with E-state index in [1.54, 1.807) is 0 Å². The first-order valence-electron chi connectivity index (χ1n) is 7.57. The molecule has 0 amide bonds. The Kier molecular flexibility index (Phi) is 6.74. The molecule has 0 saturated carbocycles. The van der Waals surface area contributed by atoms with Gasteiger partial charge in [0.05, 0.1) is 0 Å². The highest BCUT2D eigenvalue weighted by Crippen LogP contribution is 2.25. The highest BCUT2D eigenvalue weighted by molar-refractivity contribution is 6.30. The number of anilines is 1. The lowest BCUT2D eigenvalue weighted by Gasteiger charge is -2.27. The van der Waals surface area contributed by atoms with Crippen molar-refractivity contribution in [3.8, 4) is 0 Å². The first-order chi connectivity index (χ1) is 9.32. The first kappa shape index (κ1) is 17.2. The number of aromatic nitrogens is 2. The van der Waals surface area contributed by atoms with E-state index in [0.29, 0.717) is 17.0 Å². The molecule has 4 heteroatoms. The fourth-order valence-corrected chi connectivity index (χ4v) is 2.20. The van der Waals surface area contributed by atoms with Crippen molar-refractivity contribution in [1.29, 1.82) is 0 Å². The van der Waals surface area contributed by atoms with Crippen LogP contribution in [0.25, 0.3) is 0 Å². The molecule has 1 aromatic rings. The molecule has 114 valence electrons. The summed E-state index contributed by atoms with van der Waals surface area (Å²) in [6.45, 7) is 15.2. The van der Waals surface area contributed by atoms with Crippen molar-refractivity contribution >= 4 is 17.4 Å².